The SMILES string of the molecule is C[C@H](OC(=O)c1cc2c(s1)CCC2)C(=O)Nc1sccc1C#N. The van der Waals surface area contributed by atoms with Crippen LogP contribution in [0, 0.1) is 11.3 Å². The largest absolute Gasteiger partial charge is 0.448 e. The summed E-state index contributed by atoms with van der Waals surface area (Å²) in [6.45, 7) is 1.52. The molecule has 2 aromatic heterocycles. The lowest BCUT2D eigenvalue weighted by molar-refractivity contribution is -0.123. The maximum atomic E-state index is 12.1. The lowest BCUT2D eigenvalue weighted by Gasteiger charge is -2.12. The second-order valence-electron chi connectivity index (χ2n) is 5.22. The van der Waals surface area contributed by atoms with Gasteiger partial charge >= 0.3 is 5.97 Å². The minimum Gasteiger partial charge on any atom is -0.448 e. The van der Waals surface area contributed by atoms with E-state index >= 15 is 0 Å². The molecule has 0 spiro atoms. The van der Waals surface area contributed by atoms with Crippen LogP contribution in [-0.4, -0.2) is 18.0 Å². The topological polar surface area (TPSA) is 79.2 Å². The van der Waals surface area contributed by atoms with Crippen molar-refractivity contribution in [3.8, 4) is 6.07 Å². The van der Waals surface area contributed by atoms with E-state index in [2.05, 4.69) is 5.32 Å². The molecule has 0 aliphatic heterocycles. The number of rotatable bonds is 4. The van der Waals surface area contributed by atoms with Crippen molar-refractivity contribution < 1.29 is 14.3 Å². The number of nitriles is 1. The lowest BCUT2D eigenvalue weighted by Crippen LogP contribution is -2.29. The van der Waals surface area contributed by atoms with Crippen molar-refractivity contribution >= 4 is 39.6 Å². The van der Waals surface area contributed by atoms with Crippen molar-refractivity contribution in [3.63, 3.8) is 0 Å². The van der Waals surface area contributed by atoms with Crippen molar-refractivity contribution in [2.45, 2.75) is 32.3 Å². The zero-order chi connectivity index (χ0) is 16.4. The molecule has 1 N–H and O–H groups in total. The fourth-order valence-corrected chi connectivity index (χ4v) is 4.29. The number of fused-ring (bicyclic) bond motifs is 1. The van der Waals surface area contributed by atoms with Crippen LogP contribution in [0.3, 0.4) is 0 Å². The number of nitrogens with one attached hydrogen (secondary N) is 1. The van der Waals surface area contributed by atoms with E-state index in [0.29, 0.717) is 15.4 Å². The molecule has 5 nitrogen and oxygen atoms in total. The van der Waals surface area contributed by atoms with Gasteiger partial charge in [0.1, 0.15) is 15.9 Å². The molecule has 3 rings (SSSR count). The predicted molar refractivity (Wildman–Crippen MR) is 88.9 cm³/mol. The second kappa shape index (κ2) is 6.52. The van der Waals surface area contributed by atoms with Crippen molar-refractivity contribution in [2.75, 3.05) is 5.32 Å². The van der Waals surface area contributed by atoms with Gasteiger partial charge in [0.2, 0.25) is 0 Å². The Kier molecular flexibility index (Phi) is 4.46. The molecule has 0 radical (unpaired) electrons. The zero-order valence-corrected chi connectivity index (χ0v) is 14.1. The molecular formula is C16H14N2O3S2. The van der Waals surface area contributed by atoms with Crippen LogP contribution in [0.15, 0.2) is 17.5 Å². The Morgan fingerprint density at radius 2 is 2.26 bits per heavy atom. The number of ether oxygens (including phenoxy) is 1. The van der Waals surface area contributed by atoms with Crippen LogP contribution >= 0.6 is 22.7 Å². The average molecular weight is 346 g/mol. The van der Waals surface area contributed by atoms with Gasteiger partial charge in [0.25, 0.3) is 5.91 Å². The van der Waals surface area contributed by atoms with Gasteiger partial charge in [0.05, 0.1) is 5.56 Å². The van der Waals surface area contributed by atoms with Crippen LogP contribution in [-0.2, 0) is 22.4 Å². The molecule has 1 aliphatic carbocycles. The third-order valence-corrected chi connectivity index (χ3v) is 5.67. The number of hydrogen-bond donors (Lipinski definition) is 1. The van der Waals surface area contributed by atoms with Crippen molar-refractivity contribution in [3.05, 3.63) is 38.4 Å². The zero-order valence-electron chi connectivity index (χ0n) is 12.4. The van der Waals surface area contributed by atoms with E-state index in [1.165, 1.54) is 40.0 Å². The van der Waals surface area contributed by atoms with Crippen molar-refractivity contribution in [1.29, 1.82) is 5.26 Å². The molecule has 0 fully saturated rings. The quantitative estimate of drug-likeness (QED) is 0.861. The molecule has 0 saturated carbocycles. The summed E-state index contributed by atoms with van der Waals surface area (Å²) in [5.74, 6) is -0.917. The Balaban J connectivity index is 1.61. The first kappa shape index (κ1) is 15.7. The Morgan fingerprint density at radius 3 is 3.00 bits per heavy atom. The summed E-state index contributed by atoms with van der Waals surface area (Å²) >= 11 is 2.71. The number of hydrogen-bond acceptors (Lipinski definition) is 6. The van der Waals surface area contributed by atoms with Crippen LogP contribution in [0.25, 0.3) is 0 Å². The summed E-state index contributed by atoms with van der Waals surface area (Å²) in [7, 11) is 0. The Hall–Kier alpha value is -2.17. The first-order valence-electron chi connectivity index (χ1n) is 7.19. The van der Waals surface area contributed by atoms with Gasteiger partial charge in [0, 0.05) is 4.88 Å². The minimum atomic E-state index is -0.923. The summed E-state index contributed by atoms with van der Waals surface area (Å²) in [6, 6.07) is 5.50. The van der Waals surface area contributed by atoms with Gasteiger partial charge in [-0.3, -0.25) is 4.79 Å². The molecule has 2 heterocycles. The molecule has 7 heteroatoms. The van der Waals surface area contributed by atoms with Crippen LogP contribution in [0.1, 0.15) is 39.0 Å². The minimum absolute atomic E-state index is 0.400. The summed E-state index contributed by atoms with van der Waals surface area (Å²) in [5, 5.41) is 13.7. The number of aryl methyl sites for hydroxylation is 2. The summed E-state index contributed by atoms with van der Waals surface area (Å²) in [4.78, 5) is 26.0. The molecule has 0 bridgehead atoms. The van der Waals surface area contributed by atoms with Crippen LogP contribution in [0.4, 0.5) is 5.00 Å². The average Bonchev–Trinajstić information content (AvgIpc) is 3.21. The van der Waals surface area contributed by atoms with Crippen LogP contribution in [0.5, 0.6) is 0 Å². The van der Waals surface area contributed by atoms with E-state index in [4.69, 9.17) is 10.00 Å². The van der Waals surface area contributed by atoms with Crippen molar-refractivity contribution in [2.24, 2.45) is 0 Å². The summed E-state index contributed by atoms with van der Waals surface area (Å²) in [5.41, 5.74) is 1.62. The molecule has 1 atom stereocenters. The number of amides is 1. The number of esters is 1. The highest BCUT2D eigenvalue weighted by Gasteiger charge is 2.24. The monoisotopic (exact) mass is 346 g/mol. The van der Waals surface area contributed by atoms with E-state index in [1.807, 2.05) is 12.1 Å². The molecule has 23 heavy (non-hydrogen) atoms. The van der Waals surface area contributed by atoms with Gasteiger partial charge in [0.15, 0.2) is 6.10 Å². The molecule has 0 unspecified atom stereocenters. The summed E-state index contributed by atoms with van der Waals surface area (Å²) in [6.07, 6.45) is 2.23. The molecule has 2 aromatic rings. The fourth-order valence-electron chi connectivity index (χ4n) is 2.41. The van der Waals surface area contributed by atoms with Gasteiger partial charge in [-0.1, -0.05) is 0 Å². The number of carbonyl (C=O) groups excluding carboxylic acids is 2. The van der Waals surface area contributed by atoms with Gasteiger partial charge in [-0.25, -0.2) is 4.79 Å². The fraction of sp³-hybridized carbons (Fsp3) is 0.312. The predicted octanol–water partition coefficient (Wildman–Crippen LogP) is 3.35. The number of anilines is 1. The van der Waals surface area contributed by atoms with Crippen LogP contribution < -0.4 is 5.32 Å². The van der Waals surface area contributed by atoms with E-state index < -0.39 is 18.0 Å². The number of thiophene rings is 2. The maximum absolute atomic E-state index is 12.1. The standard InChI is InChI=1S/C16H14N2O3S2/c1-9(14(19)18-15-11(8-17)5-6-22-15)21-16(20)13-7-10-3-2-4-12(10)23-13/h5-7,9H,2-4H2,1H3,(H,18,19)/t9-/m0/s1. The van der Waals surface area contributed by atoms with Gasteiger partial charge < -0.3 is 10.1 Å². The van der Waals surface area contributed by atoms with E-state index in [1.54, 1.807) is 11.4 Å². The second-order valence-corrected chi connectivity index (χ2v) is 7.28. The molecule has 1 aliphatic rings. The van der Waals surface area contributed by atoms with Gasteiger partial charge in [-0.15, -0.1) is 22.7 Å². The third kappa shape index (κ3) is 3.28. The Morgan fingerprint density at radius 1 is 1.43 bits per heavy atom. The van der Waals surface area contributed by atoms with E-state index in [9.17, 15) is 9.59 Å². The van der Waals surface area contributed by atoms with Crippen molar-refractivity contribution in [1.82, 2.24) is 0 Å². The number of carbonyl (C=O) groups is 2. The van der Waals surface area contributed by atoms with E-state index in [0.717, 1.165) is 19.3 Å². The van der Waals surface area contributed by atoms with Gasteiger partial charge in [-0.2, -0.15) is 5.26 Å². The van der Waals surface area contributed by atoms with Gasteiger partial charge in [-0.05, 0) is 49.3 Å². The Labute approximate surface area is 141 Å². The highest BCUT2D eigenvalue weighted by Crippen LogP contribution is 2.31. The Bertz CT molecular complexity index is 779. The van der Waals surface area contributed by atoms with E-state index in [-0.39, 0.29) is 0 Å². The molecule has 1 amide bonds. The molecule has 118 valence electrons. The maximum Gasteiger partial charge on any atom is 0.349 e. The third-order valence-electron chi connectivity index (χ3n) is 3.62. The summed E-state index contributed by atoms with van der Waals surface area (Å²) < 4.78 is 5.24. The smallest absolute Gasteiger partial charge is 0.349 e. The van der Waals surface area contributed by atoms with Crippen LogP contribution in [0.2, 0.25) is 0 Å². The first-order chi connectivity index (χ1) is 11.1. The number of nitrogens with zero attached hydrogens (tertiary/aromatic N) is 1. The highest BCUT2D eigenvalue weighted by molar-refractivity contribution is 7.14. The molecular weight excluding hydrogens is 332 g/mol. The molecule has 0 aromatic carbocycles. The first-order valence-corrected chi connectivity index (χ1v) is 8.89. The molecule has 0 saturated heterocycles. The lowest BCUT2D eigenvalue weighted by atomic mass is 10.2. The normalized spacial score (nSPS) is 13.9. The highest BCUT2D eigenvalue weighted by atomic mass is 32.1.